The third-order valence-corrected chi connectivity index (χ3v) is 8.03. The Morgan fingerprint density at radius 3 is 2.72 bits per heavy atom. The number of benzene rings is 1. The summed E-state index contributed by atoms with van der Waals surface area (Å²) in [5.74, 6) is 0.245. The van der Waals surface area contributed by atoms with E-state index < -0.39 is 5.97 Å². The monoisotopic (exact) mass is 491 g/mol. The molecule has 0 bridgehead atoms. The van der Waals surface area contributed by atoms with Crippen LogP contribution in [0.4, 0.5) is 0 Å². The molecule has 0 radical (unpaired) electrons. The van der Waals surface area contributed by atoms with E-state index in [0.717, 1.165) is 76.0 Å². The Bertz CT molecular complexity index is 1250. The lowest BCUT2D eigenvalue weighted by Crippen LogP contribution is -2.37. The van der Waals surface area contributed by atoms with E-state index in [-0.39, 0.29) is 11.3 Å². The van der Waals surface area contributed by atoms with Crippen LogP contribution in [-0.4, -0.2) is 55.5 Å². The molecule has 0 unspecified atom stereocenters. The van der Waals surface area contributed by atoms with Crippen molar-refractivity contribution >= 4 is 5.97 Å². The second-order valence-corrected chi connectivity index (χ2v) is 11.2. The standard InChI is InChI=1S/C28H37N5O3/c1-5-33-23-17-28(3,4)12-8-22(23)24(30-33)26-29-25(31-36-26)21-7-6-19(18(2)16-21)9-13-32-14-10-20(11-15-32)27(34)35/h6-7,16,20H,5,8-15,17H2,1-4H3,(H,34,35). The van der Waals surface area contributed by atoms with Crippen molar-refractivity contribution in [1.82, 2.24) is 24.8 Å². The van der Waals surface area contributed by atoms with E-state index >= 15 is 0 Å². The number of carboxylic acid groups (broad SMARTS) is 1. The number of aromatic nitrogens is 4. The topological polar surface area (TPSA) is 97.3 Å². The fraction of sp³-hybridized carbons (Fsp3) is 0.571. The number of aryl methyl sites for hydroxylation is 2. The zero-order chi connectivity index (χ0) is 25.4. The van der Waals surface area contributed by atoms with Gasteiger partial charge in [-0.15, -0.1) is 0 Å². The van der Waals surface area contributed by atoms with Gasteiger partial charge in [0, 0.05) is 29.9 Å². The maximum atomic E-state index is 11.2. The third kappa shape index (κ3) is 4.96. The average molecular weight is 492 g/mol. The minimum atomic E-state index is -0.659. The summed E-state index contributed by atoms with van der Waals surface area (Å²) in [4.78, 5) is 18.3. The number of hydrogen-bond acceptors (Lipinski definition) is 6. The van der Waals surface area contributed by atoms with Crippen molar-refractivity contribution in [3.05, 3.63) is 40.6 Å². The number of likely N-dealkylation sites (tertiary alicyclic amines) is 1. The number of fused-ring (bicyclic) bond motifs is 1. The molecule has 1 aromatic carbocycles. The molecule has 1 fully saturated rings. The van der Waals surface area contributed by atoms with Gasteiger partial charge in [0.15, 0.2) is 5.69 Å². The van der Waals surface area contributed by atoms with E-state index in [1.807, 2.05) is 0 Å². The molecule has 0 atom stereocenters. The first-order chi connectivity index (χ1) is 17.2. The van der Waals surface area contributed by atoms with E-state index in [1.165, 1.54) is 22.4 Å². The molecular formula is C28H37N5O3. The lowest BCUT2D eigenvalue weighted by atomic mass is 9.76. The van der Waals surface area contributed by atoms with Crippen LogP contribution in [0.2, 0.25) is 0 Å². The van der Waals surface area contributed by atoms with Crippen molar-refractivity contribution in [2.75, 3.05) is 19.6 Å². The molecule has 36 heavy (non-hydrogen) atoms. The van der Waals surface area contributed by atoms with Gasteiger partial charge in [-0.05, 0) is 88.1 Å². The van der Waals surface area contributed by atoms with Crippen LogP contribution < -0.4 is 0 Å². The highest BCUT2D eigenvalue weighted by Gasteiger charge is 2.32. The van der Waals surface area contributed by atoms with Crippen molar-refractivity contribution in [2.24, 2.45) is 11.3 Å². The second kappa shape index (κ2) is 9.81. The summed E-state index contributed by atoms with van der Waals surface area (Å²) in [6.07, 6.45) is 5.55. The van der Waals surface area contributed by atoms with Gasteiger partial charge in [0.1, 0.15) is 0 Å². The van der Waals surface area contributed by atoms with Crippen LogP contribution in [0.1, 0.15) is 62.4 Å². The van der Waals surface area contributed by atoms with Crippen LogP contribution in [0.3, 0.4) is 0 Å². The normalized spacial score (nSPS) is 18.3. The first kappa shape index (κ1) is 24.7. The Kier molecular flexibility index (Phi) is 6.72. The molecular weight excluding hydrogens is 454 g/mol. The Hall–Kier alpha value is -3.00. The molecule has 5 rings (SSSR count). The molecule has 0 saturated carbocycles. The number of carbonyl (C=O) groups is 1. The number of rotatable bonds is 7. The molecule has 1 aliphatic carbocycles. The van der Waals surface area contributed by atoms with Crippen molar-refractivity contribution in [1.29, 1.82) is 0 Å². The Morgan fingerprint density at radius 1 is 1.25 bits per heavy atom. The van der Waals surface area contributed by atoms with Gasteiger partial charge in [0.2, 0.25) is 5.82 Å². The quantitative estimate of drug-likeness (QED) is 0.508. The van der Waals surface area contributed by atoms with Crippen LogP contribution in [0, 0.1) is 18.3 Å². The van der Waals surface area contributed by atoms with Crippen LogP contribution >= 0.6 is 0 Å². The lowest BCUT2D eigenvalue weighted by Gasteiger charge is -2.30. The van der Waals surface area contributed by atoms with Gasteiger partial charge in [0.25, 0.3) is 5.89 Å². The molecule has 0 amide bonds. The number of hydrogen-bond donors (Lipinski definition) is 1. The lowest BCUT2D eigenvalue weighted by molar-refractivity contribution is -0.143. The van der Waals surface area contributed by atoms with Crippen molar-refractivity contribution in [3.63, 3.8) is 0 Å². The maximum Gasteiger partial charge on any atom is 0.306 e. The smallest absolute Gasteiger partial charge is 0.306 e. The largest absolute Gasteiger partial charge is 0.481 e. The molecule has 0 spiro atoms. The van der Waals surface area contributed by atoms with E-state index in [4.69, 9.17) is 14.6 Å². The summed E-state index contributed by atoms with van der Waals surface area (Å²) >= 11 is 0. The molecule has 2 aliphatic rings. The van der Waals surface area contributed by atoms with Crippen molar-refractivity contribution in [3.8, 4) is 23.0 Å². The predicted octanol–water partition coefficient (Wildman–Crippen LogP) is 4.78. The van der Waals surface area contributed by atoms with Gasteiger partial charge in [-0.25, -0.2) is 0 Å². The number of aliphatic carboxylic acids is 1. The first-order valence-electron chi connectivity index (χ1n) is 13.2. The Labute approximate surface area is 212 Å². The van der Waals surface area contributed by atoms with Crippen LogP contribution in [-0.2, 0) is 30.6 Å². The molecule has 8 nitrogen and oxygen atoms in total. The molecule has 3 heterocycles. The minimum absolute atomic E-state index is 0.185. The summed E-state index contributed by atoms with van der Waals surface area (Å²) in [5, 5.41) is 18.3. The predicted molar refractivity (Wildman–Crippen MR) is 138 cm³/mol. The van der Waals surface area contributed by atoms with Gasteiger partial charge >= 0.3 is 5.97 Å². The fourth-order valence-electron chi connectivity index (χ4n) is 5.67. The fourth-order valence-corrected chi connectivity index (χ4v) is 5.67. The SMILES string of the molecule is CCn1nc(-c2nc(-c3ccc(CCN4CCC(C(=O)O)CC4)c(C)c3)no2)c2c1CC(C)(C)CC2. The van der Waals surface area contributed by atoms with Crippen molar-refractivity contribution < 1.29 is 14.4 Å². The maximum absolute atomic E-state index is 11.2. The van der Waals surface area contributed by atoms with Crippen molar-refractivity contribution in [2.45, 2.75) is 72.8 Å². The zero-order valence-corrected chi connectivity index (χ0v) is 21.9. The van der Waals surface area contributed by atoms with E-state index in [9.17, 15) is 9.90 Å². The third-order valence-electron chi connectivity index (χ3n) is 8.03. The van der Waals surface area contributed by atoms with Gasteiger partial charge < -0.3 is 14.5 Å². The number of piperidine rings is 1. The van der Waals surface area contributed by atoms with Crippen LogP contribution in [0.25, 0.3) is 23.0 Å². The number of carboxylic acids is 1. The highest BCUT2D eigenvalue weighted by atomic mass is 16.5. The molecule has 1 aliphatic heterocycles. The Balaban J connectivity index is 1.28. The minimum Gasteiger partial charge on any atom is -0.481 e. The van der Waals surface area contributed by atoms with Gasteiger partial charge in [-0.1, -0.05) is 31.1 Å². The molecule has 1 N–H and O–H groups in total. The van der Waals surface area contributed by atoms with Crippen LogP contribution in [0.15, 0.2) is 22.7 Å². The average Bonchev–Trinajstić information content (AvgIpc) is 3.47. The summed E-state index contributed by atoms with van der Waals surface area (Å²) in [6, 6.07) is 6.35. The van der Waals surface area contributed by atoms with Crippen LogP contribution in [0.5, 0.6) is 0 Å². The summed E-state index contributed by atoms with van der Waals surface area (Å²) in [6.45, 7) is 12.4. The molecule has 3 aromatic rings. The highest BCUT2D eigenvalue weighted by molar-refractivity contribution is 5.70. The first-order valence-corrected chi connectivity index (χ1v) is 13.2. The molecule has 1 saturated heterocycles. The van der Waals surface area contributed by atoms with Gasteiger partial charge in [0.05, 0.1) is 5.92 Å². The summed E-state index contributed by atoms with van der Waals surface area (Å²) in [5.41, 5.74) is 7.11. The van der Waals surface area contributed by atoms with E-state index in [1.54, 1.807) is 0 Å². The summed E-state index contributed by atoms with van der Waals surface area (Å²) in [7, 11) is 0. The zero-order valence-electron chi connectivity index (χ0n) is 21.9. The second-order valence-electron chi connectivity index (χ2n) is 11.2. The summed E-state index contributed by atoms with van der Waals surface area (Å²) < 4.78 is 7.81. The highest BCUT2D eigenvalue weighted by Crippen LogP contribution is 2.39. The number of nitrogens with zero attached hydrogens (tertiary/aromatic N) is 5. The molecule has 8 heteroatoms. The van der Waals surface area contributed by atoms with E-state index in [2.05, 4.69) is 60.6 Å². The molecule has 2 aromatic heterocycles. The Morgan fingerprint density at radius 2 is 2.03 bits per heavy atom. The van der Waals surface area contributed by atoms with E-state index in [0.29, 0.717) is 11.7 Å². The van der Waals surface area contributed by atoms with Gasteiger partial charge in [-0.3, -0.25) is 9.48 Å². The molecule has 192 valence electrons. The van der Waals surface area contributed by atoms with Gasteiger partial charge in [-0.2, -0.15) is 10.1 Å².